The third-order valence-electron chi connectivity index (χ3n) is 2.07. The number of ether oxygens (including phenoxy) is 1. The topological polar surface area (TPSA) is 91.9 Å². The van der Waals surface area contributed by atoms with E-state index in [1.807, 2.05) is 6.92 Å². The summed E-state index contributed by atoms with van der Waals surface area (Å²) < 4.78 is 5.06. The van der Waals surface area contributed by atoms with E-state index in [-0.39, 0.29) is 12.0 Å². The molecule has 0 saturated heterocycles. The number of amides is 2. The highest BCUT2D eigenvalue weighted by Crippen LogP contribution is 2.13. The van der Waals surface area contributed by atoms with E-state index in [2.05, 4.69) is 25.8 Å². The van der Waals surface area contributed by atoms with Gasteiger partial charge in [-0.3, -0.25) is 5.32 Å². The molecule has 1 aromatic carbocycles. The molecule has 0 bridgehead atoms. The summed E-state index contributed by atoms with van der Waals surface area (Å²) in [4.78, 5) is 15.6. The molecule has 0 unspecified atom stereocenters. The van der Waals surface area contributed by atoms with Crippen molar-refractivity contribution in [3.63, 3.8) is 0 Å². The van der Waals surface area contributed by atoms with Gasteiger partial charge in [-0.25, -0.2) is 9.89 Å². The lowest BCUT2D eigenvalue weighted by atomic mass is 10.3. The van der Waals surface area contributed by atoms with Crippen molar-refractivity contribution in [3.8, 4) is 6.01 Å². The van der Waals surface area contributed by atoms with Gasteiger partial charge < -0.3 is 10.1 Å². The van der Waals surface area contributed by atoms with E-state index >= 15 is 0 Å². The number of nitrogens with one attached hydrogen (secondary N) is 3. The highest BCUT2D eigenvalue weighted by molar-refractivity contribution is 6.30. The highest BCUT2D eigenvalue weighted by atomic mass is 35.5. The molecule has 19 heavy (non-hydrogen) atoms. The van der Waals surface area contributed by atoms with Crippen LogP contribution in [0, 0.1) is 0 Å². The Kier molecular flexibility index (Phi) is 4.19. The number of carbonyl (C=O) groups excluding carboxylic acids is 1. The van der Waals surface area contributed by atoms with E-state index in [9.17, 15) is 4.79 Å². The number of hydrogen-bond donors (Lipinski definition) is 3. The Morgan fingerprint density at radius 3 is 2.79 bits per heavy atom. The minimum atomic E-state index is -0.443. The first-order chi connectivity index (χ1) is 9.17. The van der Waals surface area contributed by atoms with Gasteiger partial charge >= 0.3 is 12.0 Å². The van der Waals surface area contributed by atoms with Gasteiger partial charge in [-0.2, -0.15) is 4.98 Å². The van der Waals surface area contributed by atoms with E-state index in [1.54, 1.807) is 24.3 Å². The highest BCUT2D eigenvalue weighted by Gasteiger charge is 2.07. The van der Waals surface area contributed by atoms with Gasteiger partial charge in [0.2, 0.25) is 5.95 Å². The molecule has 1 heterocycles. The van der Waals surface area contributed by atoms with Crippen molar-refractivity contribution in [2.24, 2.45) is 0 Å². The Labute approximate surface area is 114 Å². The predicted octanol–water partition coefficient (Wildman–Crippen LogP) is 2.50. The summed E-state index contributed by atoms with van der Waals surface area (Å²) in [6.45, 7) is 2.27. The van der Waals surface area contributed by atoms with Crippen LogP contribution >= 0.6 is 11.6 Å². The van der Waals surface area contributed by atoms with E-state index in [1.165, 1.54) is 0 Å². The molecule has 0 atom stereocenters. The Bertz CT molecular complexity index is 554. The summed E-state index contributed by atoms with van der Waals surface area (Å²) in [6.07, 6.45) is 0. The normalized spacial score (nSPS) is 10.0. The van der Waals surface area contributed by atoms with Gasteiger partial charge in [-0.1, -0.05) is 11.6 Å². The van der Waals surface area contributed by atoms with Gasteiger partial charge in [0.15, 0.2) is 0 Å². The molecule has 0 spiro atoms. The number of benzene rings is 1. The Balaban J connectivity index is 1.91. The van der Waals surface area contributed by atoms with Crippen LogP contribution in [0.3, 0.4) is 0 Å². The number of aromatic amines is 1. The average Bonchev–Trinajstić information content (AvgIpc) is 2.80. The monoisotopic (exact) mass is 281 g/mol. The molecule has 2 aromatic rings. The van der Waals surface area contributed by atoms with Crippen LogP contribution in [0.5, 0.6) is 6.01 Å². The number of halogens is 1. The van der Waals surface area contributed by atoms with Crippen LogP contribution in [0.15, 0.2) is 24.3 Å². The number of H-pyrrole nitrogens is 1. The minimum absolute atomic E-state index is 0.185. The average molecular weight is 282 g/mol. The van der Waals surface area contributed by atoms with Gasteiger partial charge in [0.25, 0.3) is 0 Å². The van der Waals surface area contributed by atoms with Crippen molar-refractivity contribution in [1.29, 1.82) is 0 Å². The van der Waals surface area contributed by atoms with E-state index in [0.29, 0.717) is 17.3 Å². The van der Waals surface area contributed by atoms with E-state index in [0.717, 1.165) is 0 Å². The molecule has 3 N–H and O–H groups in total. The largest absolute Gasteiger partial charge is 0.463 e. The molecule has 7 nitrogen and oxygen atoms in total. The molecule has 0 radical (unpaired) electrons. The summed E-state index contributed by atoms with van der Waals surface area (Å²) in [7, 11) is 0. The van der Waals surface area contributed by atoms with Crippen LogP contribution in [0.2, 0.25) is 5.02 Å². The van der Waals surface area contributed by atoms with Gasteiger partial charge in [0, 0.05) is 10.7 Å². The van der Waals surface area contributed by atoms with Crippen LogP contribution in [-0.4, -0.2) is 27.8 Å². The standard InChI is InChI=1S/C11H12ClN5O2/c1-2-19-11-15-9(16-17-11)14-10(18)13-8-5-3-7(12)4-6-8/h3-6H,2H2,1H3,(H3,13,14,15,16,17,18). The molecule has 8 heteroatoms. The molecular weight excluding hydrogens is 270 g/mol. The zero-order valence-electron chi connectivity index (χ0n) is 10.1. The van der Waals surface area contributed by atoms with Gasteiger partial charge in [-0.15, -0.1) is 5.10 Å². The van der Waals surface area contributed by atoms with Crippen molar-refractivity contribution in [3.05, 3.63) is 29.3 Å². The fraction of sp³-hybridized carbons (Fsp3) is 0.182. The number of rotatable bonds is 4. The molecule has 0 saturated carbocycles. The van der Waals surface area contributed by atoms with Gasteiger partial charge in [0.05, 0.1) is 6.61 Å². The fourth-order valence-electron chi connectivity index (χ4n) is 1.30. The number of hydrogen-bond acceptors (Lipinski definition) is 4. The molecule has 100 valence electrons. The first kappa shape index (κ1) is 13.2. The number of nitrogens with zero attached hydrogens (tertiary/aromatic N) is 2. The van der Waals surface area contributed by atoms with Crippen molar-refractivity contribution >= 4 is 29.3 Å². The zero-order valence-corrected chi connectivity index (χ0v) is 10.9. The third kappa shape index (κ3) is 3.85. The van der Waals surface area contributed by atoms with Gasteiger partial charge in [-0.05, 0) is 31.2 Å². The summed E-state index contributed by atoms with van der Waals surface area (Å²) >= 11 is 5.74. The summed E-state index contributed by atoms with van der Waals surface area (Å²) in [5.41, 5.74) is 0.617. The second-order valence-electron chi connectivity index (χ2n) is 3.49. The van der Waals surface area contributed by atoms with Crippen LogP contribution in [-0.2, 0) is 0 Å². The second kappa shape index (κ2) is 6.05. The number of carbonyl (C=O) groups is 1. The molecule has 2 rings (SSSR count). The van der Waals surface area contributed by atoms with E-state index in [4.69, 9.17) is 16.3 Å². The van der Waals surface area contributed by atoms with Crippen molar-refractivity contribution in [2.75, 3.05) is 17.2 Å². The van der Waals surface area contributed by atoms with Crippen LogP contribution in [0.1, 0.15) is 6.92 Å². The van der Waals surface area contributed by atoms with Crippen molar-refractivity contribution < 1.29 is 9.53 Å². The first-order valence-corrected chi connectivity index (χ1v) is 5.94. The lowest BCUT2D eigenvalue weighted by Gasteiger charge is -2.04. The maximum atomic E-state index is 11.7. The molecule has 1 aromatic heterocycles. The van der Waals surface area contributed by atoms with Gasteiger partial charge in [0.1, 0.15) is 0 Å². The summed E-state index contributed by atoms with van der Waals surface area (Å²) in [6, 6.07) is 6.48. The number of aromatic nitrogens is 3. The second-order valence-corrected chi connectivity index (χ2v) is 3.92. The zero-order chi connectivity index (χ0) is 13.7. The SMILES string of the molecule is CCOc1n[nH]c(NC(=O)Nc2ccc(Cl)cc2)n1. The maximum Gasteiger partial charge on any atom is 0.337 e. The summed E-state index contributed by atoms with van der Waals surface area (Å²) in [5.74, 6) is 0.204. The Hall–Kier alpha value is -2.28. The Morgan fingerprint density at radius 2 is 2.11 bits per heavy atom. The first-order valence-electron chi connectivity index (χ1n) is 5.56. The third-order valence-corrected chi connectivity index (χ3v) is 2.32. The molecular formula is C11H12ClN5O2. The van der Waals surface area contributed by atoms with Crippen molar-refractivity contribution in [2.45, 2.75) is 6.92 Å². The lowest BCUT2D eigenvalue weighted by Crippen LogP contribution is -2.20. The summed E-state index contributed by atoms with van der Waals surface area (Å²) in [5, 5.41) is 12.0. The van der Waals surface area contributed by atoms with Crippen LogP contribution in [0.4, 0.5) is 16.4 Å². The molecule has 0 fully saturated rings. The maximum absolute atomic E-state index is 11.7. The Morgan fingerprint density at radius 1 is 1.37 bits per heavy atom. The smallest absolute Gasteiger partial charge is 0.337 e. The quantitative estimate of drug-likeness (QED) is 0.803. The van der Waals surface area contributed by atoms with E-state index < -0.39 is 6.03 Å². The predicted molar refractivity (Wildman–Crippen MR) is 71.6 cm³/mol. The number of urea groups is 1. The minimum Gasteiger partial charge on any atom is -0.463 e. The molecule has 0 aliphatic carbocycles. The molecule has 2 amide bonds. The fourth-order valence-corrected chi connectivity index (χ4v) is 1.43. The molecule has 0 aliphatic rings. The number of anilines is 2. The lowest BCUT2D eigenvalue weighted by molar-refractivity contribution is 0.262. The van der Waals surface area contributed by atoms with Crippen molar-refractivity contribution in [1.82, 2.24) is 15.2 Å². The molecule has 0 aliphatic heterocycles. The van der Waals surface area contributed by atoms with Crippen LogP contribution < -0.4 is 15.4 Å². The van der Waals surface area contributed by atoms with Crippen LogP contribution in [0.25, 0.3) is 0 Å².